The van der Waals surface area contributed by atoms with E-state index in [-0.39, 0.29) is 0 Å². The minimum atomic E-state index is 0.621. The second kappa shape index (κ2) is 5.36. The second-order valence-electron chi connectivity index (χ2n) is 3.04. The Bertz CT molecular complexity index is 476. The van der Waals surface area contributed by atoms with Crippen molar-refractivity contribution in [2.75, 3.05) is 5.32 Å². The van der Waals surface area contributed by atoms with Crippen LogP contribution in [0.5, 0.6) is 0 Å². The van der Waals surface area contributed by atoms with Crippen molar-refractivity contribution in [1.82, 2.24) is 15.0 Å². The SMILES string of the molecule is Brc1cnc(NCc2ccncn2)c(Br)c1. The average molecular weight is 344 g/mol. The van der Waals surface area contributed by atoms with E-state index in [0.717, 1.165) is 20.5 Å². The first-order valence-corrected chi connectivity index (χ1v) is 6.14. The van der Waals surface area contributed by atoms with Crippen LogP contribution in [0.2, 0.25) is 0 Å². The lowest BCUT2D eigenvalue weighted by atomic mass is 10.4. The van der Waals surface area contributed by atoms with Crippen molar-refractivity contribution in [3.8, 4) is 0 Å². The van der Waals surface area contributed by atoms with E-state index in [9.17, 15) is 0 Å². The molecule has 0 saturated carbocycles. The highest BCUT2D eigenvalue weighted by Crippen LogP contribution is 2.23. The molecule has 0 bridgehead atoms. The maximum Gasteiger partial charge on any atom is 0.140 e. The zero-order valence-corrected chi connectivity index (χ0v) is 11.4. The fourth-order valence-corrected chi connectivity index (χ4v) is 2.27. The summed E-state index contributed by atoms with van der Waals surface area (Å²) in [5, 5.41) is 3.19. The van der Waals surface area contributed by atoms with Crippen LogP contribution in [0.3, 0.4) is 0 Å². The number of hydrogen-bond acceptors (Lipinski definition) is 4. The van der Waals surface area contributed by atoms with E-state index < -0.39 is 0 Å². The molecule has 0 fully saturated rings. The van der Waals surface area contributed by atoms with Crippen molar-refractivity contribution in [3.63, 3.8) is 0 Å². The summed E-state index contributed by atoms with van der Waals surface area (Å²) in [6, 6.07) is 3.80. The molecule has 2 aromatic heterocycles. The smallest absolute Gasteiger partial charge is 0.140 e. The summed E-state index contributed by atoms with van der Waals surface area (Å²) < 4.78 is 1.85. The summed E-state index contributed by atoms with van der Waals surface area (Å²) in [5.41, 5.74) is 0.923. The van der Waals surface area contributed by atoms with Crippen LogP contribution in [0.1, 0.15) is 5.69 Å². The summed E-state index contributed by atoms with van der Waals surface area (Å²) in [4.78, 5) is 12.2. The Morgan fingerprint density at radius 2 is 2.12 bits per heavy atom. The molecule has 0 amide bonds. The molecule has 2 aromatic rings. The zero-order valence-electron chi connectivity index (χ0n) is 8.19. The minimum Gasteiger partial charge on any atom is -0.363 e. The highest BCUT2D eigenvalue weighted by Gasteiger charge is 2.02. The average Bonchev–Trinajstić information content (AvgIpc) is 2.29. The molecule has 0 aliphatic rings. The number of halogens is 2. The van der Waals surface area contributed by atoms with Crippen molar-refractivity contribution in [2.45, 2.75) is 6.54 Å². The molecule has 0 radical (unpaired) electrons. The van der Waals surface area contributed by atoms with Crippen LogP contribution in [-0.4, -0.2) is 15.0 Å². The number of nitrogens with one attached hydrogen (secondary N) is 1. The molecule has 0 atom stereocenters. The molecule has 0 spiro atoms. The standard InChI is InChI=1S/C10H8Br2N4/c11-7-3-9(12)10(14-4-7)15-5-8-1-2-13-6-16-8/h1-4,6H,5H2,(H,14,15). The molecule has 0 aliphatic carbocycles. The van der Waals surface area contributed by atoms with E-state index >= 15 is 0 Å². The van der Waals surface area contributed by atoms with E-state index in [0.29, 0.717) is 6.54 Å². The topological polar surface area (TPSA) is 50.7 Å². The normalized spacial score (nSPS) is 10.1. The Morgan fingerprint density at radius 1 is 1.25 bits per heavy atom. The fourth-order valence-electron chi connectivity index (χ4n) is 1.14. The lowest BCUT2D eigenvalue weighted by Gasteiger charge is -2.06. The molecular formula is C10H8Br2N4. The molecule has 0 aromatic carbocycles. The predicted octanol–water partition coefficient (Wildman–Crippen LogP) is 3.01. The third-order valence-electron chi connectivity index (χ3n) is 1.89. The van der Waals surface area contributed by atoms with Crippen molar-refractivity contribution in [2.24, 2.45) is 0 Å². The summed E-state index contributed by atoms with van der Waals surface area (Å²) in [7, 11) is 0. The van der Waals surface area contributed by atoms with Gasteiger partial charge in [0.2, 0.25) is 0 Å². The molecule has 2 heterocycles. The van der Waals surface area contributed by atoms with Crippen LogP contribution in [0.15, 0.2) is 39.8 Å². The number of pyridine rings is 1. The van der Waals surface area contributed by atoms with Crippen LogP contribution in [0.4, 0.5) is 5.82 Å². The maximum atomic E-state index is 4.24. The summed E-state index contributed by atoms with van der Waals surface area (Å²) in [6.45, 7) is 0.621. The third kappa shape index (κ3) is 2.99. The maximum absolute atomic E-state index is 4.24. The lowest BCUT2D eigenvalue weighted by Crippen LogP contribution is -2.03. The van der Waals surface area contributed by atoms with Crippen LogP contribution >= 0.6 is 31.9 Å². The van der Waals surface area contributed by atoms with E-state index in [2.05, 4.69) is 52.1 Å². The Labute approximate surface area is 110 Å². The van der Waals surface area contributed by atoms with Crippen molar-refractivity contribution >= 4 is 37.7 Å². The summed E-state index contributed by atoms with van der Waals surface area (Å²) in [5.74, 6) is 0.793. The first-order chi connectivity index (χ1) is 7.75. The molecule has 0 aliphatic heterocycles. The Balaban J connectivity index is 2.05. The van der Waals surface area contributed by atoms with Crippen LogP contribution < -0.4 is 5.32 Å². The largest absolute Gasteiger partial charge is 0.363 e. The van der Waals surface area contributed by atoms with Crippen molar-refractivity contribution < 1.29 is 0 Å². The molecular weight excluding hydrogens is 336 g/mol. The fraction of sp³-hybridized carbons (Fsp3) is 0.100. The van der Waals surface area contributed by atoms with Crippen LogP contribution in [-0.2, 0) is 6.54 Å². The lowest BCUT2D eigenvalue weighted by molar-refractivity contribution is 0.994. The van der Waals surface area contributed by atoms with Gasteiger partial charge in [-0.2, -0.15) is 0 Å². The van der Waals surface area contributed by atoms with E-state index in [1.165, 1.54) is 6.33 Å². The third-order valence-corrected chi connectivity index (χ3v) is 2.93. The first kappa shape index (κ1) is 11.5. The van der Waals surface area contributed by atoms with Crippen LogP contribution in [0, 0.1) is 0 Å². The number of hydrogen-bond donors (Lipinski definition) is 1. The zero-order chi connectivity index (χ0) is 11.4. The van der Waals surface area contributed by atoms with Crippen molar-refractivity contribution in [1.29, 1.82) is 0 Å². The molecule has 1 N–H and O–H groups in total. The van der Waals surface area contributed by atoms with Gasteiger partial charge in [0, 0.05) is 16.9 Å². The second-order valence-corrected chi connectivity index (χ2v) is 4.81. The number of anilines is 1. The number of nitrogens with zero attached hydrogens (tertiary/aromatic N) is 3. The van der Waals surface area contributed by atoms with Gasteiger partial charge in [0.15, 0.2) is 0 Å². The van der Waals surface area contributed by atoms with Gasteiger partial charge >= 0.3 is 0 Å². The summed E-state index contributed by atoms with van der Waals surface area (Å²) >= 11 is 6.78. The summed E-state index contributed by atoms with van der Waals surface area (Å²) in [6.07, 6.45) is 4.99. The van der Waals surface area contributed by atoms with Crippen LogP contribution in [0.25, 0.3) is 0 Å². The molecule has 82 valence electrons. The minimum absolute atomic E-state index is 0.621. The van der Waals surface area contributed by atoms with Gasteiger partial charge in [0.05, 0.1) is 16.7 Å². The van der Waals surface area contributed by atoms with Gasteiger partial charge in [-0.3, -0.25) is 0 Å². The molecule has 2 rings (SSSR count). The molecule has 4 nitrogen and oxygen atoms in total. The van der Waals surface area contributed by atoms with Gasteiger partial charge in [-0.1, -0.05) is 0 Å². The Morgan fingerprint density at radius 3 is 2.81 bits per heavy atom. The Kier molecular flexibility index (Phi) is 3.84. The van der Waals surface area contributed by atoms with Gasteiger partial charge < -0.3 is 5.32 Å². The quantitative estimate of drug-likeness (QED) is 0.930. The van der Waals surface area contributed by atoms with E-state index in [4.69, 9.17) is 0 Å². The van der Waals surface area contributed by atoms with Gasteiger partial charge in [-0.15, -0.1) is 0 Å². The van der Waals surface area contributed by atoms with Gasteiger partial charge in [-0.25, -0.2) is 15.0 Å². The van der Waals surface area contributed by atoms with E-state index in [1.807, 2.05) is 12.1 Å². The Hall–Kier alpha value is -1.01. The monoisotopic (exact) mass is 342 g/mol. The molecule has 6 heteroatoms. The van der Waals surface area contributed by atoms with Crippen molar-refractivity contribution in [3.05, 3.63) is 45.5 Å². The predicted molar refractivity (Wildman–Crippen MR) is 69.0 cm³/mol. The number of aromatic nitrogens is 3. The first-order valence-electron chi connectivity index (χ1n) is 4.55. The van der Waals surface area contributed by atoms with Gasteiger partial charge in [0.1, 0.15) is 12.1 Å². The van der Waals surface area contributed by atoms with E-state index in [1.54, 1.807) is 12.4 Å². The number of rotatable bonds is 3. The molecule has 0 saturated heterocycles. The highest BCUT2D eigenvalue weighted by molar-refractivity contribution is 9.11. The van der Waals surface area contributed by atoms with Gasteiger partial charge in [-0.05, 0) is 44.0 Å². The van der Waals surface area contributed by atoms with Gasteiger partial charge in [0.25, 0.3) is 0 Å². The highest BCUT2D eigenvalue weighted by atomic mass is 79.9. The molecule has 16 heavy (non-hydrogen) atoms. The molecule has 0 unspecified atom stereocenters.